The largest absolute Gasteiger partial charge is 0.455 e. The smallest absolute Gasteiger partial charge is 0.193 e. The standard InChI is InChI=1S/C19H10BrFO2/c20-15-9-14-17(22)10-18(13-7-3-4-8-16(13)21)23-19(14)12-6-2-1-5-11(12)15/h1-10H. The highest BCUT2D eigenvalue weighted by molar-refractivity contribution is 9.10. The molecule has 3 aromatic carbocycles. The quantitative estimate of drug-likeness (QED) is 0.414. The second-order valence-electron chi connectivity index (χ2n) is 5.24. The summed E-state index contributed by atoms with van der Waals surface area (Å²) in [6, 6.07) is 17.0. The zero-order valence-corrected chi connectivity index (χ0v) is 13.4. The molecular formula is C19H10BrFO2. The van der Waals surface area contributed by atoms with Crippen LogP contribution in [0.25, 0.3) is 33.1 Å². The van der Waals surface area contributed by atoms with Gasteiger partial charge in [-0.1, -0.05) is 52.3 Å². The van der Waals surface area contributed by atoms with Crippen molar-refractivity contribution in [2.75, 3.05) is 0 Å². The van der Waals surface area contributed by atoms with Crippen molar-refractivity contribution in [3.63, 3.8) is 0 Å². The summed E-state index contributed by atoms with van der Waals surface area (Å²) in [5.41, 5.74) is 0.545. The van der Waals surface area contributed by atoms with Crippen LogP contribution in [0.4, 0.5) is 4.39 Å². The van der Waals surface area contributed by atoms with Crippen LogP contribution in [0, 0.1) is 5.82 Å². The highest BCUT2D eigenvalue weighted by Gasteiger charge is 2.14. The van der Waals surface area contributed by atoms with Crippen molar-refractivity contribution in [2.45, 2.75) is 0 Å². The number of halogens is 2. The van der Waals surface area contributed by atoms with Gasteiger partial charge in [0.2, 0.25) is 0 Å². The van der Waals surface area contributed by atoms with Crippen molar-refractivity contribution < 1.29 is 8.81 Å². The fourth-order valence-corrected chi connectivity index (χ4v) is 3.30. The molecule has 0 atom stereocenters. The average Bonchev–Trinajstić information content (AvgIpc) is 2.56. The van der Waals surface area contributed by atoms with Crippen molar-refractivity contribution in [1.29, 1.82) is 0 Å². The lowest BCUT2D eigenvalue weighted by molar-refractivity contribution is 0.596. The van der Waals surface area contributed by atoms with Crippen molar-refractivity contribution in [3.8, 4) is 11.3 Å². The molecule has 1 aromatic heterocycles. The molecular weight excluding hydrogens is 359 g/mol. The highest BCUT2D eigenvalue weighted by Crippen LogP contribution is 2.33. The Balaban J connectivity index is 2.15. The molecule has 0 fully saturated rings. The van der Waals surface area contributed by atoms with E-state index in [-0.39, 0.29) is 16.8 Å². The summed E-state index contributed by atoms with van der Waals surface area (Å²) >= 11 is 3.49. The minimum Gasteiger partial charge on any atom is -0.455 e. The second kappa shape index (κ2) is 5.32. The summed E-state index contributed by atoms with van der Waals surface area (Å²) in [5.74, 6) is -0.190. The first-order valence-electron chi connectivity index (χ1n) is 7.05. The molecule has 4 heteroatoms. The molecule has 0 aliphatic rings. The Morgan fingerprint density at radius 3 is 2.35 bits per heavy atom. The van der Waals surface area contributed by atoms with Gasteiger partial charge in [0.05, 0.1) is 10.9 Å². The zero-order chi connectivity index (χ0) is 16.0. The molecule has 0 N–H and O–H groups in total. The van der Waals surface area contributed by atoms with Crippen LogP contribution in [0.3, 0.4) is 0 Å². The van der Waals surface area contributed by atoms with E-state index in [0.29, 0.717) is 11.0 Å². The summed E-state index contributed by atoms with van der Waals surface area (Å²) in [7, 11) is 0. The Morgan fingerprint density at radius 1 is 0.870 bits per heavy atom. The molecule has 0 radical (unpaired) electrons. The van der Waals surface area contributed by atoms with Crippen LogP contribution in [0.2, 0.25) is 0 Å². The van der Waals surface area contributed by atoms with E-state index in [9.17, 15) is 9.18 Å². The molecule has 0 saturated carbocycles. The number of fused-ring (bicyclic) bond motifs is 3. The van der Waals surface area contributed by atoms with Crippen LogP contribution in [0.5, 0.6) is 0 Å². The van der Waals surface area contributed by atoms with Gasteiger partial charge in [0.15, 0.2) is 5.43 Å². The second-order valence-corrected chi connectivity index (χ2v) is 6.09. The molecule has 0 amide bonds. The fraction of sp³-hybridized carbons (Fsp3) is 0. The maximum atomic E-state index is 14.0. The number of hydrogen-bond donors (Lipinski definition) is 0. The topological polar surface area (TPSA) is 30.2 Å². The Labute approximate surface area is 139 Å². The van der Waals surface area contributed by atoms with Crippen molar-refractivity contribution in [3.05, 3.63) is 81.2 Å². The minimum atomic E-state index is -0.420. The molecule has 0 saturated heterocycles. The summed E-state index contributed by atoms with van der Waals surface area (Å²) in [4.78, 5) is 12.5. The summed E-state index contributed by atoms with van der Waals surface area (Å²) in [5, 5.41) is 2.22. The van der Waals surface area contributed by atoms with Gasteiger partial charge in [-0.05, 0) is 23.6 Å². The Hall–Kier alpha value is -2.46. The maximum absolute atomic E-state index is 14.0. The maximum Gasteiger partial charge on any atom is 0.193 e. The highest BCUT2D eigenvalue weighted by atomic mass is 79.9. The van der Waals surface area contributed by atoms with Crippen LogP contribution < -0.4 is 5.43 Å². The normalized spacial score (nSPS) is 11.2. The van der Waals surface area contributed by atoms with Gasteiger partial charge in [-0.25, -0.2) is 4.39 Å². The van der Waals surface area contributed by atoms with E-state index in [2.05, 4.69) is 15.9 Å². The molecule has 0 spiro atoms. The van der Waals surface area contributed by atoms with Gasteiger partial charge in [-0.3, -0.25) is 4.79 Å². The third-order valence-corrected chi connectivity index (χ3v) is 4.48. The summed E-state index contributed by atoms with van der Waals surface area (Å²) < 4.78 is 20.8. The molecule has 0 unspecified atom stereocenters. The molecule has 112 valence electrons. The van der Waals surface area contributed by atoms with Crippen LogP contribution >= 0.6 is 15.9 Å². The first-order chi connectivity index (χ1) is 11.1. The predicted octanol–water partition coefficient (Wildman–Crippen LogP) is 5.51. The van der Waals surface area contributed by atoms with Crippen molar-refractivity contribution in [2.24, 2.45) is 0 Å². The fourth-order valence-electron chi connectivity index (χ4n) is 2.73. The molecule has 0 bridgehead atoms. The molecule has 2 nitrogen and oxygen atoms in total. The van der Waals surface area contributed by atoms with Crippen LogP contribution in [-0.4, -0.2) is 0 Å². The average molecular weight is 369 g/mol. The lowest BCUT2D eigenvalue weighted by Gasteiger charge is -2.08. The lowest BCUT2D eigenvalue weighted by atomic mass is 10.1. The molecule has 0 aliphatic carbocycles. The first kappa shape index (κ1) is 14.2. The van der Waals surface area contributed by atoms with Gasteiger partial charge < -0.3 is 4.42 Å². The molecule has 0 aliphatic heterocycles. The molecule has 4 aromatic rings. The minimum absolute atomic E-state index is 0.198. The van der Waals surface area contributed by atoms with Gasteiger partial charge in [0.1, 0.15) is 17.2 Å². The third kappa shape index (κ3) is 2.26. The number of rotatable bonds is 1. The van der Waals surface area contributed by atoms with Crippen molar-refractivity contribution >= 4 is 37.7 Å². The van der Waals surface area contributed by atoms with Crippen LogP contribution in [0.15, 0.2) is 74.3 Å². The third-order valence-electron chi connectivity index (χ3n) is 3.82. The molecule has 4 rings (SSSR count). The summed E-state index contributed by atoms with van der Waals surface area (Å²) in [6.45, 7) is 0. The van der Waals surface area contributed by atoms with Crippen LogP contribution in [0.1, 0.15) is 0 Å². The first-order valence-corrected chi connectivity index (χ1v) is 7.84. The van der Waals surface area contributed by atoms with Gasteiger partial charge in [-0.15, -0.1) is 0 Å². The van der Waals surface area contributed by atoms with Gasteiger partial charge >= 0.3 is 0 Å². The lowest BCUT2D eigenvalue weighted by Crippen LogP contribution is -2.01. The van der Waals surface area contributed by atoms with E-state index in [4.69, 9.17) is 4.42 Å². The van der Waals surface area contributed by atoms with Gasteiger partial charge in [-0.2, -0.15) is 0 Å². The Kier molecular flexibility index (Phi) is 3.27. The van der Waals surface area contributed by atoms with Crippen LogP contribution in [-0.2, 0) is 0 Å². The van der Waals surface area contributed by atoms with Crippen molar-refractivity contribution in [1.82, 2.24) is 0 Å². The SMILES string of the molecule is O=c1cc(-c2ccccc2F)oc2c1cc(Br)c1ccccc12. The van der Waals surface area contributed by atoms with E-state index >= 15 is 0 Å². The van der Waals surface area contributed by atoms with Gasteiger partial charge in [0.25, 0.3) is 0 Å². The molecule has 23 heavy (non-hydrogen) atoms. The monoisotopic (exact) mass is 368 g/mol. The van der Waals surface area contributed by atoms with E-state index in [1.165, 1.54) is 12.1 Å². The van der Waals surface area contributed by atoms with E-state index in [1.807, 2.05) is 24.3 Å². The number of benzene rings is 3. The predicted molar refractivity (Wildman–Crippen MR) is 93.1 cm³/mol. The Morgan fingerprint density at radius 2 is 1.57 bits per heavy atom. The summed E-state index contributed by atoms with van der Waals surface area (Å²) in [6.07, 6.45) is 0. The van der Waals surface area contributed by atoms with E-state index in [1.54, 1.807) is 24.3 Å². The van der Waals surface area contributed by atoms with Gasteiger partial charge in [0, 0.05) is 15.9 Å². The Bertz CT molecular complexity index is 1120. The zero-order valence-electron chi connectivity index (χ0n) is 11.8. The van der Waals surface area contributed by atoms with E-state index in [0.717, 1.165) is 15.2 Å². The number of hydrogen-bond acceptors (Lipinski definition) is 2. The molecule has 1 heterocycles. The van der Waals surface area contributed by atoms with E-state index < -0.39 is 5.82 Å².